The molecule has 1 saturated heterocycles. The van der Waals surface area contributed by atoms with Crippen molar-refractivity contribution in [1.29, 1.82) is 0 Å². The lowest BCUT2D eigenvalue weighted by atomic mass is 10.1. The van der Waals surface area contributed by atoms with E-state index in [1.165, 1.54) is 0 Å². The minimum absolute atomic E-state index is 0. The zero-order valence-corrected chi connectivity index (χ0v) is 14.8. The van der Waals surface area contributed by atoms with E-state index in [0.717, 1.165) is 10.2 Å². The quantitative estimate of drug-likeness (QED) is 0.756. The maximum atomic E-state index is 12.4. The lowest BCUT2D eigenvalue weighted by Gasteiger charge is -2.18. The van der Waals surface area contributed by atoms with E-state index in [4.69, 9.17) is 5.73 Å². The standard InChI is InChI=1S/C15H20BrN3O2.ClH/c1-10(17)6-8-18-14(20)11-7-9-19(15(11)21)13-5-3-2-4-12(13)16;/h2-5,10-11H,6-9,17H2,1H3,(H,18,20);1H. The molecule has 0 spiro atoms. The molecular weight excluding hydrogens is 370 g/mol. The van der Waals surface area contributed by atoms with E-state index in [-0.39, 0.29) is 30.3 Å². The Morgan fingerprint density at radius 1 is 1.50 bits per heavy atom. The van der Waals surface area contributed by atoms with Gasteiger partial charge in [-0.3, -0.25) is 9.59 Å². The summed E-state index contributed by atoms with van der Waals surface area (Å²) in [6.45, 7) is 2.96. The van der Waals surface area contributed by atoms with E-state index in [2.05, 4.69) is 21.2 Å². The van der Waals surface area contributed by atoms with Crippen LogP contribution in [0.2, 0.25) is 0 Å². The normalized spacial score (nSPS) is 18.8. The number of nitrogens with two attached hydrogens (primary N) is 1. The van der Waals surface area contributed by atoms with Crippen molar-refractivity contribution < 1.29 is 9.59 Å². The third-order valence-electron chi connectivity index (χ3n) is 3.56. The summed E-state index contributed by atoms with van der Waals surface area (Å²) in [7, 11) is 0. The van der Waals surface area contributed by atoms with Crippen LogP contribution in [0.15, 0.2) is 28.7 Å². The van der Waals surface area contributed by atoms with Gasteiger partial charge in [0.15, 0.2) is 0 Å². The highest BCUT2D eigenvalue weighted by atomic mass is 79.9. The van der Waals surface area contributed by atoms with Crippen molar-refractivity contribution in [2.24, 2.45) is 11.7 Å². The number of carbonyl (C=O) groups is 2. The van der Waals surface area contributed by atoms with Crippen molar-refractivity contribution in [3.8, 4) is 0 Å². The highest BCUT2D eigenvalue weighted by Gasteiger charge is 2.37. The topological polar surface area (TPSA) is 75.4 Å². The Balaban J connectivity index is 0.00000242. The molecule has 1 aromatic carbocycles. The van der Waals surface area contributed by atoms with Gasteiger partial charge in [0, 0.05) is 23.6 Å². The SMILES string of the molecule is CC(N)CCNC(=O)C1CCN(c2ccccc2Br)C1=O.Cl. The molecule has 1 aliphatic rings. The molecule has 122 valence electrons. The Morgan fingerprint density at radius 3 is 2.82 bits per heavy atom. The predicted molar refractivity (Wildman–Crippen MR) is 93.1 cm³/mol. The lowest BCUT2D eigenvalue weighted by molar-refractivity contribution is -0.132. The van der Waals surface area contributed by atoms with E-state index >= 15 is 0 Å². The van der Waals surface area contributed by atoms with Gasteiger partial charge in [0.1, 0.15) is 5.92 Å². The fourth-order valence-electron chi connectivity index (χ4n) is 2.38. The molecule has 2 atom stereocenters. The number of rotatable bonds is 5. The molecule has 0 aromatic heterocycles. The molecular formula is C15H21BrClN3O2. The fourth-order valence-corrected chi connectivity index (χ4v) is 2.88. The Morgan fingerprint density at radius 2 is 2.18 bits per heavy atom. The minimum atomic E-state index is -0.592. The molecule has 7 heteroatoms. The first kappa shape index (κ1) is 18.9. The van der Waals surface area contributed by atoms with Crippen LogP contribution < -0.4 is 16.0 Å². The zero-order chi connectivity index (χ0) is 15.4. The smallest absolute Gasteiger partial charge is 0.239 e. The average Bonchev–Trinajstić information content (AvgIpc) is 2.80. The number of halogens is 2. The van der Waals surface area contributed by atoms with Crippen molar-refractivity contribution in [1.82, 2.24) is 5.32 Å². The monoisotopic (exact) mass is 389 g/mol. The van der Waals surface area contributed by atoms with Crippen LogP contribution >= 0.6 is 28.3 Å². The summed E-state index contributed by atoms with van der Waals surface area (Å²) < 4.78 is 0.858. The molecule has 3 N–H and O–H groups in total. The van der Waals surface area contributed by atoms with E-state index in [9.17, 15) is 9.59 Å². The van der Waals surface area contributed by atoms with Crippen LogP contribution in [0.4, 0.5) is 5.69 Å². The van der Waals surface area contributed by atoms with Gasteiger partial charge < -0.3 is 16.0 Å². The van der Waals surface area contributed by atoms with Crippen molar-refractivity contribution in [2.75, 3.05) is 18.0 Å². The number of para-hydroxylation sites is 1. The lowest BCUT2D eigenvalue weighted by Crippen LogP contribution is -2.38. The van der Waals surface area contributed by atoms with Crippen LogP contribution in [0.3, 0.4) is 0 Å². The number of benzene rings is 1. The van der Waals surface area contributed by atoms with Crippen LogP contribution in [-0.4, -0.2) is 30.9 Å². The van der Waals surface area contributed by atoms with Gasteiger partial charge in [-0.1, -0.05) is 12.1 Å². The van der Waals surface area contributed by atoms with Crippen LogP contribution in [-0.2, 0) is 9.59 Å². The van der Waals surface area contributed by atoms with Crippen LogP contribution in [0.5, 0.6) is 0 Å². The van der Waals surface area contributed by atoms with Crippen molar-refractivity contribution in [2.45, 2.75) is 25.8 Å². The summed E-state index contributed by atoms with van der Waals surface area (Å²) in [5, 5.41) is 2.79. The van der Waals surface area contributed by atoms with Gasteiger partial charge in [-0.25, -0.2) is 0 Å². The molecule has 2 amide bonds. The molecule has 22 heavy (non-hydrogen) atoms. The first-order valence-corrected chi connectivity index (χ1v) is 7.89. The summed E-state index contributed by atoms with van der Waals surface area (Å²) in [6, 6.07) is 7.58. The zero-order valence-electron chi connectivity index (χ0n) is 12.4. The second-order valence-electron chi connectivity index (χ2n) is 5.34. The molecule has 2 unspecified atom stereocenters. The average molecular weight is 391 g/mol. The summed E-state index contributed by atoms with van der Waals surface area (Å²) in [6.07, 6.45) is 1.25. The maximum absolute atomic E-state index is 12.4. The third kappa shape index (κ3) is 4.44. The number of nitrogens with zero attached hydrogens (tertiary/aromatic N) is 1. The van der Waals surface area contributed by atoms with E-state index in [0.29, 0.717) is 25.9 Å². The molecule has 1 heterocycles. The van der Waals surface area contributed by atoms with Gasteiger partial charge >= 0.3 is 0 Å². The van der Waals surface area contributed by atoms with Gasteiger partial charge in [-0.05, 0) is 47.8 Å². The molecule has 0 saturated carbocycles. The predicted octanol–water partition coefficient (Wildman–Crippen LogP) is 2.08. The Hall–Kier alpha value is -1.11. The largest absolute Gasteiger partial charge is 0.355 e. The Bertz CT molecular complexity index is 539. The van der Waals surface area contributed by atoms with Gasteiger partial charge in [0.25, 0.3) is 0 Å². The number of hydrogen-bond donors (Lipinski definition) is 2. The number of hydrogen-bond acceptors (Lipinski definition) is 3. The molecule has 0 aliphatic carbocycles. The summed E-state index contributed by atoms with van der Waals surface area (Å²) in [5.41, 5.74) is 6.46. The van der Waals surface area contributed by atoms with Crippen LogP contribution in [0.25, 0.3) is 0 Å². The summed E-state index contributed by atoms with van der Waals surface area (Å²) in [5.74, 6) is -0.930. The number of carbonyl (C=O) groups excluding carboxylic acids is 2. The minimum Gasteiger partial charge on any atom is -0.355 e. The second-order valence-corrected chi connectivity index (χ2v) is 6.19. The molecule has 0 bridgehead atoms. The highest BCUT2D eigenvalue weighted by molar-refractivity contribution is 9.10. The second kappa shape index (κ2) is 8.50. The number of amides is 2. The summed E-state index contributed by atoms with van der Waals surface area (Å²) in [4.78, 5) is 26.2. The van der Waals surface area contributed by atoms with Gasteiger partial charge in [0.05, 0.1) is 5.69 Å². The van der Waals surface area contributed by atoms with Gasteiger partial charge in [-0.2, -0.15) is 0 Å². The highest BCUT2D eigenvalue weighted by Crippen LogP contribution is 2.31. The molecule has 5 nitrogen and oxygen atoms in total. The third-order valence-corrected chi connectivity index (χ3v) is 4.23. The fraction of sp³-hybridized carbons (Fsp3) is 0.467. The van der Waals surface area contributed by atoms with E-state index in [1.807, 2.05) is 31.2 Å². The molecule has 1 aromatic rings. The van der Waals surface area contributed by atoms with E-state index in [1.54, 1.807) is 4.90 Å². The molecule has 1 fully saturated rings. The molecule has 0 radical (unpaired) electrons. The van der Waals surface area contributed by atoms with Crippen molar-refractivity contribution in [3.05, 3.63) is 28.7 Å². The molecule has 1 aliphatic heterocycles. The number of anilines is 1. The number of nitrogens with one attached hydrogen (secondary N) is 1. The van der Waals surface area contributed by atoms with Crippen molar-refractivity contribution >= 4 is 45.8 Å². The van der Waals surface area contributed by atoms with Crippen molar-refractivity contribution in [3.63, 3.8) is 0 Å². The maximum Gasteiger partial charge on any atom is 0.239 e. The van der Waals surface area contributed by atoms with Gasteiger partial charge in [0.2, 0.25) is 11.8 Å². The molecule has 2 rings (SSSR count). The Labute approximate surface area is 145 Å². The first-order chi connectivity index (χ1) is 10.0. The van der Waals surface area contributed by atoms with Crippen LogP contribution in [0, 0.1) is 5.92 Å². The first-order valence-electron chi connectivity index (χ1n) is 7.10. The van der Waals surface area contributed by atoms with Gasteiger partial charge in [-0.15, -0.1) is 12.4 Å². The van der Waals surface area contributed by atoms with Crippen LogP contribution in [0.1, 0.15) is 19.8 Å². The van der Waals surface area contributed by atoms with E-state index < -0.39 is 5.92 Å². The Kier molecular flexibility index (Phi) is 7.32. The summed E-state index contributed by atoms with van der Waals surface area (Å²) >= 11 is 3.44.